The molecule has 1 unspecified atom stereocenters. The normalized spacial score (nSPS) is 22.8. The van der Waals surface area contributed by atoms with Gasteiger partial charge in [0.05, 0.1) is 0 Å². The van der Waals surface area contributed by atoms with E-state index in [2.05, 4.69) is 5.32 Å². The number of thioether (sulfide) groups is 1. The number of hydrogen-bond acceptors (Lipinski definition) is 3. The largest absolute Gasteiger partial charge is 0.370 e. The summed E-state index contributed by atoms with van der Waals surface area (Å²) >= 11 is 1.82. The maximum atomic E-state index is 10.4. The van der Waals surface area contributed by atoms with E-state index in [1.54, 1.807) is 0 Å². The summed E-state index contributed by atoms with van der Waals surface area (Å²) in [6, 6.07) is 0.669. The van der Waals surface area contributed by atoms with Gasteiger partial charge in [-0.2, -0.15) is 11.8 Å². The smallest absolute Gasteiger partial charge is 0.218 e. The number of amides is 1. The highest BCUT2D eigenvalue weighted by molar-refractivity contribution is 7.99. The molecule has 1 amide bonds. The molecule has 1 fully saturated rings. The third-order valence-electron chi connectivity index (χ3n) is 1.97. The summed E-state index contributed by atoms with van der Waals surface area (Å²) in [6.07, 6.45) is 3.09. The minimum atomic E-state index is -0.193. The van der Waals surface area contributed by atoms with Crippen LogP contribution >= 0.6 is 11.8 Å². The van der Waals surface area contributed by atoms with Crippen LogP contribution in [0.15, 0.2) is 0 Å². The van der Waals surface area contributed by atoms with E-state index < -0.39 is 0 Å². The summed E-state index contributed by atoms with van der Waals surface area (Å²) in [5, 5.41) is 3.41. The quantitative estimate of drug-likeness (QED) is 0.612. The van der Waals surface area contributed by atoms with Gasteiger partial charge in [0.1, 0.15) is 0 Å². The average Bonchev–Trinajstić information content (AvgIpc) is 2.49. The minimum Gasteiger partial charge on any atom is -0.370 e. The molecule has 70 valence electrons. The van der Waals surface area contributed by atoms with Crippen molar-refractivity contribution in [1.82, 2.24) is 5.32 Å². The van der Waals surface area contributed by atoms with E-state index >= 15 is 0 Å². The second-order valence-electron chi connectivity index (χ2n) is 3.08. The molecule has 3 nitrogen and oxygen atoms in total. The molecule has 1 heterocycles. The third kappa shape index (κ3) is 3.97. The Balaban J connectivity index is 1.91. The fourth-order valence-corrected chi connectivity index (χ4v) is 2.38. The Morgan fingerprint density at radius 2 is 2.50 bits per heavy atom. The van der Waals surface area contributed by atoms with Crippen molar-refractivity contribution < 1.29 is 4.79 Å². The van der Waals surface area contributed by atoms with Crippen molar-refractivity contribution in [2.75, 3.05) is 18.1 Å². The van der Waals surface area contributed by atoms with Crippen LogP contribution in [-0.2, 0) is 4.79 Å². The minimum absolute atomic E-state index is 0.193. The van der Waals surface area contributed by atoms with Crippen LogP contribution in [0.3, 0.4) is 0 Å². The van der Waals surface area contributed by atoms with Gasteiger partial charge in [0.2, 0.25) is 5.91 Å². The van der Waals surface area contributed by atoms with Gasteiger partial charge < -0.3 is 11.1 Å². The highest BCUT2D eigenvalue weighted by Crippen LogP contribution is 2.12. The van der Waals surface area contributed by atoms with Crippen LogP contribution in [0.5, 0.6) is 0 Å². The fourth-order valence-electron chi connectivity index (χ4n) is 1.30. The van der Waals surface area contributed by atoms with E-state index in [-0.39, 0.29) is 5.91 Å². The van der Waals surface area contributed by atoms with E-state index in [0.717, 1.165) is 18.1 Å². The Morgan fingerprint density at radius 3 is 3.08 bits per heavy atom. The molecule has 3 N–H and O–H groups in total. The zero-order valence-electron chi connectivity index (χ0n) is 7.21. The van der Waals surface area contributed by atoms with Crippen LogP contribution in [0, 0.1) is 0 Å². The summed E-state index contributed by atoms with van der Waals surface area (Å²) < 4.78 is 0. The van der Waals surface area contributed by atoms with Gasteiger partial charge >= 0.3 is 0 Å². The molecule has 0 spiro atoms. The predicted octanol–water partition coefficient (Wildman–Crippen LogP) is 0.347. The van der Waals surface area contributed by atoms with E-state index in [1.165, 1.54) is 12.8 Å². The Bertz CT molecular complexity index is 146. The Labute approximate surface area is 77.5 Å². The standard InChI is InChI=1S/C8H16N2OS/c9-8(11)3-5-12-6-7-2-1-4-10-7/h7,10H,1-6H2,(H2,9,11). The lowest BCUT2D eigenvalue weighted by molar-refractivity contribution is -0.117. The molecule has 12 heavy (non-hydrogen) atoms. The van der Waals surface area contributed by atoms with Gasteiger partial charge in [-0.3, -0.25) is 4.79 Å². The van der Waals surface area contributed by atoms with Crippen molar-refractivity contribution in [2.24, 2.45) is 5.73 Å². The molecular formula is C8H16N2OS. The van der Waals surface area contributed by atoms with Gasteiger partial charge in [0, 0.05) is 24.0 Å². The maximum absolute atomic E-state index is 10.4. The first-order chi connectivity index (χ1) is 5.79. The van der Waals surface area contributed by atoms with Gasteiger partial charge in [-0.1, -0.05) is 0 Å². The second kappa shape index (κ2) is 5.43. The Kier molecular flexibility index (Phi) is 4.46. The molecular weight excluding hydrogens is 172 g/mol. The number of hydrogen-bond donors (Lipinski definition) is 2. The SMILES string of the molecule is NC(=O)CCSCC1CCCN1. The predicted molar refractivity (Wildman–Crippen MR) is 52.2 cm³/mol. The van der Waals surface area contributed by atoms with E-state index in [1.807, 2.05) is 11.8 Å². The zero-order chi connectivity index (χ0) is 8.81. The number of nitrogens with two attached hydrogens (primary N) is 1. The van der Waals surface area contributed by atoms with Crippen LogP contribution in [0.4, 0.5) is 0 Å². The number of carbonyl (C=O) groups is 1. The molecule has 1 saturated heterocycles. The average molecular weight is 188 g/mol. The van der Waals surface area contributed by atoms with Crippen molar-refractivity contribution in [2.45, 2.75) is 25.3 Å². The van der Waals surface area contributed by atoms with Crippen molar-refractivity contribution in [3.63, 3.8) is 0 Å². The molecule has 0 bridgehead atoms. The lowest BCUT2D eigenvalue weighted by Crippen LogP contribution is -2.24. The van der Waals surface area contributed by atoms with Crippen LogP contribution in [0.1, 0.15) is 19.3 Å². The topological polar surface area (TPSA) is 55.1 Å². The first kappa shape index (κ1) is 9.86. The highest BCUT2D eigenvalue weighted by atomic mass is 32.2. The zero-order valence-corrected chi connectivity index (χ0v) is 8.03. The van der Waals surface area contributed by atoms with Crippen molar-refractivity contribution in [1.29, 1.82) is 0 Å². The van der Waals surface area contributed by atoms with E-state index in [4.69, 9.17) is 5.73 Å². The van der Waals surface area contributed by atoms with Crippen molar-refractivity contribution >= 4 is 17.7 Å². The van der Waals surface area contributed by atoms with Gasteiger partial charge in [-0.05, 0) is 19.4 Å². The van der Waals surface area contributed by atoms with Crippen molar-refractivity contribution in [3.8, 4) is 0 Å². The van der Waals surface area contributed by atoms with Crippen LogP contribution < -0.4 is 11.1 Å². The summed E-state index contributed by atoms with van der Waals surface area (Å²) in [7, 11) is 0. The molecule has 0 aromatic heterocycles. The molecule has 0 aromatic carbocycles. The Hall–Kier alpha value is -0.220. The lowest BCUT2D eigenvalue weighted by Gasteiger charge is -2.07. The summed E-state index contributed by atoms with van der Waals surface area (Å²) in [4.78, 5) is 10.4. The van der Waals surface area contributed by atoms with E-state index in [9.17, 15) is 4.79 Å². The highest BCUT2D eigenvalue weighted by Gasteiger charge is 2.13. The molecule has 0 aromatic rings. The first-order valence-corrected chi connectivity index (χ1v) is 5.54. The molecule has 1 rings (SSSR count). The second-order valence-corrected chi connectivity index (χ2v) is 4.23. The monoisotopic (exact) mass is 188 g/mol. The van der Waals surface area contributed by atoms with Crippen LogP contribution in [0.2, 0.25) is 0 Å². The third-order valence-corrected chi connectivity index (χ3v) is 3.11. The first-order valence-electron chi connectivity index (χ1n) is 4.38. The molecule has 4 heteroatoms. The molecule has 1 aliphatic heterocycles. The summed E-state index contributed by atoms with van der Waals surface area (Å²) in [5.41, 5.74) is 5.02. The van der Waals surface area contributed by atoms with Gasteiger partial charge in [0.15, 0.2) is 0 Å². The van der Waals surface area contributed by atoms with Gasteiger partial charge in [-0.15, -0.1) is 0 Å². The van der Waals surface area contributed by atoms with E-state index in [0.29, 0.717) is 12.5 Å². The van der Waals surface area contributed by atoms with Crippen LogP contribution in [-0.4, -0.2) is 30.0 Å². The fraction of sp³-hybridized carbons (Fsp3) is 0.875. The molecule has 0 aliphatic carbocycles. The number of nitrogens with one attached hydrogen (secondary N) is 1. The van der Waals surface area contributed by atoms with Crippen LogP contribution in [0.25, 0.3) is 0 Å². The number of carbonyl (C=O) groups excluding carboxylic acids is 1. The molecule has 0 radical (unpaired) electrons. The number of rotatable bonds is 5. The lowest BCUT2D eigenvalue weighted by atomic mass is 10.3. The molecule has 0 saturated carbocycles. The van der Waals surface area contributed by atoms with Crippen molar-refractivity contribution in [3.05, 3.63) is 0 Å². The molecule has 1 aliphatic rings. The summed E-state index contributed by atoms with van der Waals surface area (Å²) in [6.45, 7) is 1.15. The Morgan fingerprint density at radius 1 is 1.67 bits per heavy atom. The molecule has 1 atom stereocenters. The summed E-state index contributed by atoms with van der Waals surface area (Å²) in [5.74, 6) is 1.79. The van der Waals surface area contributed by atoms with Gasteiger partial charge in [0.25, 0.3) is 0 Å². The van der Waals surface area contributed by atoms with Gasteiger partial charge in [-0.25, -0.2) is 0 Å². The number of primary amides is 1. The maximum Gasteiger partial charge on any atom is 0.218 e.